The minimum absolute atomic E-state index is 0.0185. The second-order valence-corrected chi connectivity index (χ2v) is 1.86. The summed E-state index contributed by atoms with van der Waals surface area (Å²) in [5, 5.41) is 19.3. The van der Waals surface area contributed by atoms with Crippen LogP contribution in [0.1, 0.15) is 5.69 Å². The summed E-state index contributed by atoms with van der Waals surface area (Å²) in [6.45, 7) is 0. The summed E-state index contributed by atoms with van der Waals surface area (Å²) in [5.74, 6) is 0.296. The molecule has 1 heterocycles. The monoisotopic (exact) mass is 150 g/mol. The van der Waals surface area contributed by atoms with E-state index in [-0.39, 0.29) is 5.69 Å². The van der Waals surface area contributed by atoms with Gasteiger partial charge in [0.15, 0.2) is 12.3 Å². The first-order valence-electron chi connectivity index (χ1n) is 2.96. The lowest BCUT2D eigenvalue weighted by Crippen LogP contribution is -2.29. The standard InChI is InChI=1S/C7H6N2O2/c1-11-7-3-2-4-9(10)6(7)5-8/h2-4H,1H3. The summed E-state index contributed by atoms with van der Waals surface area (Å²) < 4.78 is 5.24. The van der Waals surface area contributed by atoms with Gasteiger partial charge >= 0.3 is 5.69 Å². The van der Waals surface area contributed by atoms with Gasteiger partial charge < -0.3 is 9.94 Å². The van der Waals surface area contributed by atoms with Crippen LogP contribution in [0, 0.1) is 16.5 Å². The fourth-order valence-corrected chi connectivity index (χ4v) is 0.740. The summed E-state index contributed by atoms with van der Waals surface area (Å²) in [4.78, 5) is 0. The molecule has 0 bridgehead atoms. The average Bonchev–Trinajstić information content (AvgIpc) is 2.04. The van der Waals surface area contributed by atoms with Crippen LogP contribution in [-0.4, -0.2) is 7.11 Å². The van der Waals surface area contributed by atoms with Gasteiger partial charge in [0.2, 0.25) is 5.75 Å². The van der Waals surface area contributed by atoms with Crippen molar-refractivity contribution < 1.29 is 9.47 Å². The summed E-state index contributed by atoms with van der Waals surface area (Å²) >= 11 is 0. The first-order chi connectivity index (χ1) is 5.29. The molecular formula is C7H6N2O2. The van der Waals surface area contributed by atoms with Crippen molar-refractivity contribution in [2.24, 2.45) is 0 Å². The molecule has 1 rings (SSSR count). The number of aromatic nitrogens is 1. The van der Waals surface area contributed by atoms with Gasteiger partial charge in [0.05, 0.1) is 7.11 Å². The van der Waals surface area contributed by atoms with Crippen molar-refractivity contribution in [2.75, 3.05) is 7.11 Å². The summed E-state index contributed by atoms with van der Waals surface area (Å²) in [5.41, 5.74) is -0.0185. The number of nitrogens with zero attached hydrogens (tertiary/aromatic N) is 2. The zero-order valence-corrected chi connectivity index (χ0v) is 5.94. The highest BCUT2D eigenvalue weighted by Crippen LogP contribution is 2.10. The minimum atomic E-state index is -0.0185. The molecule has 4 nitrogen and oxygen atoms in total. The molecule has 0 amide bonds. The van der Waals surface area contributed by atoms with Gasteiger partial charge in [0.1, 0.15) is 0 Å². The molecule has 0 aliphatic rings. The number of methoxy groups -OCH3 is 1. The van der Waals surface area contributed by atoms with E-state index in [1.54, 1.807) is 12.1 Å². The fourth-order valence-electron chi connectivity index (χ4n) is 0.740. The van der Waals surface area contributed by atoms with E-state index in [0.717, 1.165) is 0 Å². The van der Waals surface area contributed by atoms with Crippen LogP contribution in [-0.2, 0) is 0 Å². The number of ether oxygens (including phenoxy) is 1. The Hall–Kier alpha value is -1.76. The Bertz CT molecular complexity index is 304. The predicted molar refractivity (Wildman–Crippen MR) is 36.7 cm³/mol. The van der Waals surface area contributed by atoms with Gasteiger partial charge in [0.25, 0.3) is 0 Å². The molecule has 0 spiro atoms. The van der Waals surface area contributed by atoms with Gasteiger partial charge in [-0.15, -0.1) is 0 Å². The lowest BCUT2D eigenvalue weighted by Gasteiger charge is -2.01. The third-order valence-corrected chi connectivity index (χ3v) is 1.25. The maximum atomic E-state index is 10.8. The van der Waals surface area contributed by atoms with Crippen molar-refractivity contribution in [3.63, 3.8) is 0 Å². The van der Waals surface area contributed by atoms with E-state index in [2.05, 4.69) is 0 Å². The highest BCUT2D eigenvalue weighted by molar-refractivity contribution is 5.32. The predicted octanol–water partition coefficient (Wildman–Crippen LogP) is 0.200. The molecule has 0 unspecified atom stereocenters. The zero-order chi connectivity index (χ0) is 8.27. The molecule has 56 valence electrons. The Kier molecular flexibility index (Phi) is 1.93. The van der Waals surface area contributed by atoms with E-state index in [0.29, 0.717) is 10.5 Å². The molecule has 0 radical (unpaired) electrons. The van der Waals surface area contributed by atoms with Crippen LogP contribution < -0.4 is 9.47 Å². The van der Waals surface area contributed by atoms with Crippen molar-refractivity contribution >= 4 is 0 Å². The maximum Gasteiger partial charge on any atom is 0.336 e. The molecule has 1 aromatic rings. The van der Waals surface area contributed by atoms with Crippen LogP contribution in [0.4, 0.5) is 0 Å². The van der Waals surface area contributed by atoms with Crippen LogP contribution in [0.25, 0.3) is 0 Å². The third-order valence-electron chi connectivity index (χ3n) is 1.25. The molecule has 0 saturated heterocycles. The molecule has 0 saturated carbocycles. The summed E-state index contributed by atoms with van der Waals surface area (Å²) in [6, 6.07) is 4.82. The normalized spacial score (nSPS) is 8.73. The van der Waals surface area contributed by atoms with Gasteiger partial charge in [-0.1, -0.05) is 0 Å². The molecule has 0 aliphatic heterocycles. The van der Waals surface area contributed by atoms with Crippen molar-refractivity contribution in [2.45, 2.75) is 0 Å². The quantitative estimate of drug-likeness (QED) is 0.424. The lowest BCUT2D eigenvalue weighted by molar-refractivity contribution is -0.608. The molecular weight excluding hydrogens is 144 g/mol. The SMILES string of the molecule is COc1ccc[n+]([O-])c1C#N. The molecule has 4 heteroatoms. The van der Waals surface area contributed by atoms with E-state index in [1.807, 2.05) is 0 Å². The number of rotatable bonds is 1. The second-order valence-electron chi connectivity index (χ2n) is 1.86. The second kappa shape index (κ2) is 2.88. The Morgan fingerprint density at radius 1 is 1.73 bits per heavy atom. The van der Waals surface area contributed by atoms with Crippen LogP contribution in [0.3, 0.4) is 0 Å². The van der Waals surface area contributed by atoms with Gasteiger partial charge in [0, 0.05) is 6.07 Å². The van der Waals surface area contributed by atoms with E-state index in [4.69, 9.17) is 10.00 Å². The number of hydrogen-bond donors (Lipinski definition) is 0. The lowest BCUT2D eigenvalue weighted by atomic mass is 10.3. The van der Waals surface area contributed by atoms with Crippen LogP contribution >= 0.6 is 0 Å². The molecule has 0 aliphatic carbocycles. The molecule has 0 aromatic carbocycles. The van der Waals surface area contributed by atoms with E-state index in [1.165, 1.54) is 19.4 Å². The van der Waals surface area contributed by atoms with E-state index < -0.39 is 0 Å². The topological polar surface area (TPSA) is 60.0 Å². The largest absolute Gasteiger partial charge is 0.618 e. The Morgan fingerprint density at radius 2 is 2.45 bits per heavy atom. The summed E-state index contributed by atoms with van der Waals surface area (Å²) in [7, 11) is 1.41. The van der Waals surface area contributed by atoms with Crippen molar-refractivity contribution in [3.05, 3.63) is 29.2 Å². The van der Waals surface area contributed by atoms with Gasteiger partial charge in [-0.2, -0.15) is 9.99 Å². The molecule has 0 N–H and O–H groups in total. The Labute approximate surface area is 63.8 Å². The average molecular weight is 150 g/mol. The smallest absolute Gasteiger partial charge is 0.336 e. The van der Waals surface area contributed by atoms with E-state index in [9.17, 15) is 5.21 Å². The highest BCUT2D eigenvalue weighted by atomic mass is 16.5. The van der Waals surface area contributed by atoms with Crippen molar-refractivity contribution in [1.82, 2.24) is 0 Å². The maximum absolute atomic E-state index is 10.8. The molecule has 0 atom stereocenters. The first kappa shape index (κ1) is 7.35. The minimum Gasteiger partial charge on any atom is -0.618 e. The van der Waals surface area contributed by atoms with Crippen molar-refractivity contribution in [3.8, 4) is 11.8 Å². The van der Waals surface area contributed by atoms with Gasteiger partial charge in [-0.25, -0.2) is 0 Å². The highest BCUT2D eigenvalue weighted by Gasteiger charge is 2.10. The summed E-state index contributed by atoms with van der Waals surface area (Å²) in [6.07, 6.45) is 1.25. The molecule has 1 aromatic heterocycles. The number of nitriles is 1. The third kappa shape index (κ3) is 1.22. The van der Waals surface area contributed by atoms with Gasteiger partial charge in [-0.05, 0) is 6.07 Å². The van der Waals surface area contributed by atoms with Crippen LogP contribution in [0.2, 0.25) is 0 Å². The van der Waals surface area contributed by atoms with Gasteiger partial charge in [-0.3, -0.25) is 0 Å². The number of hydrogen-bond acceptors (Lipinski definition) is 3. The zero-order valence-electron chi connectivity index (χ0n) is 5.94. The Balaban J connectivity index is 3.27. The number of pyridine rings is 1. The fraction of sp³-hybridized carbons (Fsp3) is 0.143. The van der Waals surface area contributed by atoms with Crippen molar-refractivity contribution in [1.29, 1.82) is 5.26 Å². The Morgan fingerprint density at radius 3 is 2.91 bits per heavy atom. The van der Waals surface area contributed by atoms with Crippen LogP contribution in [0.15, 0.2) is 18.3 Å². The molecule has 11 heavy (non-hydrogen) atoms. The first-order valence-corrected chi connectivity index (χ1v) is 2.96. The van der Waals surface area contributed by atoms with Crippen LogP contribution in [0.5, 0.6) is 5.75 Å². The molecule has 0 fully saturated rings. The van der Waals surface area contributed by atoms with E-state index >= 15 is 0 Å².